The summed E-state index contributed by atoms with van der Waals surface area (Å²) >= 11 is 0. The average Bonchev–Trinajstić information content (AvgIpc) is 2.53. The highest BCUT2D eigenvalue weighted by Crippen LogP contribution is 2.20. The van der Waals surface area contributed by atoms with Crippen LogP contribution in [0.15, 0.2) is 42.5 Å². The highest BCUT2D eigenvalue weighted by Gasteiger charge is 2.08. The molecule has 0 aliphatic heterocycles. The van der Waals surface area contributed by atoms with Crippen LogP contribution >= 0.6 is 0 Å². The van der Waals surface area contributed by atoms with Crippen LogP contribution in [0.1, 0.15) is 24.1 Å². The molecule has 0 bridgehead atoms. The maximum atomic E-state index is 13.9. The quantitative estimate of drug-likeness (QED) is 0.879. The molecule has 2 aromatic rings. The van der Waals surface area contributed by atoms with Crippen molar-refractivity contribution in [2.24, 2.45) is 0 Å². The van der Waals surface area contributed by atoms with Gasteiger partial charge in [-0.2, -0.15) is 0 Å². The summed E-state index contributed by atoms with van der Waals surface area (Å²) in [5.41, 5.74) is 1.72. The van der Waals surface area contributed by atoms with E-state index in [1.165, 1.54) is 13.2 Å². The van der Waals surface area contributed by atoms with Gasteiger partial charge in [0.25, 0.3) is 0 Å². The molecule has 0 saturated heterocycles. The maximum Gasteiger partial charge on any atom is 0.131 e. The van der Waals surface area contributed by atoms with Crippen LogP contribution in [0, 0.1) is 5.82 Å². The zero-order valence-corrected chi connectivity index (χ0v) is 12.5. The second kappa shape index (κ2) is 7.09. The number of methoxy groups -OCH3 is 2. The molecule has 112 valence electrons. The Labute approximate surface area is 124 Å². The summed E-state index contributed by atoms with van der Waals surface area (Å²) in [5, 5.41) is 3.31. The summed E-state index contributed by atoms with van der Waals surface area (Å²) in [6, 6.07) is 12.8. The summed E-state index contributed by atoms with van der Waals surface area (Å²) in [7, 11) is 3.17. The van der Waals surface area contributed by atoms with Gasteiger partial charge >= 0.3 is 0 Å². The summed E-state index contributed by atoms with van der Waals surface area (Å²) in [6.45, 7) is 2.49. The van der Waals surface area contributed by atoms with Crippen LogP contribution in [0.5, 0.6) is 11.5 Å². The van der Waals surface area contributed by atoms with Crippen molar-refractivity contribution in [2.75, 3.05) is 14.2 Å². The van der Waals surface area contributed by atoms with E-state index in [0.29, 0.717) is 17.9 Å². The number of benzene rings is 2. The van der Waals surface area contributed by atoms with Crippen molar-refractivity contribution in [2.45, 2.75) is 19.5 Å². The largest absolute Gasteiger partial charge is 0.497 e. The molecule has 1 N–H and O–H groups in total. The molecular formula is C17H20FNO2. The molecule has 0 unspecified atom stereocenters. The lowest BCUT2D eigenvalue weighted by Crippen LogP contribution is -2.18. The van der Waals surface area contributed by atoms with Crippen LogP contribution < -0.4 is 14.8 Å². The second-order valence-corrected chi connectivity index (χ2v) is 4.84. The van der Waals surface area contributed by atoms with E-state index in [0.717, 1.165) is 11.3 Å². The zero-order valence-electron chi connectivity index (χ0n) is 12.5. The van der Waals surface area contributed by atoms with Crippen LogP contribution in [0.4, 0.5) is 4.39 Å². The number of rotatable bonds is 6. The summed E-state index contributed by atoms with van der Waals surface area (Å²) in [4.78, 5) is 0. The van der Waals surface area contributed by atoms with Crippen LogP contribution in [0.2, 0.25) is 0 Å². The number of hydrogen-bond acceptors (Lipinski definition) is 3. The first-order chi connectivity index (χ1) is 10.1. The van der Waals surface area contributed by atoms with E-state index < -0.39 is 0 Å². The van der Waals surface area contributed by atoms with E-state index in [1.54, 1.807) is 19.2 Å². The molecule has 0 heterocycles. The molecule has 1 atom stereocenters. The number of hydrogen-bond donors (Lipinski definition) is 1. The van der Waals surface area contributed by atoms with Gasteiger partial charge in [-0.05, 0) is 30.7 Å². The van der Waals surface area contributed by atoms with E-state index in [9.17, 15) is 4.39 Å². The molecule has 0 radical (unpaired) electrons. The molecule has 0 aliphatic rings. The molecule has 2 rings (SSSR count). The summed E-state index contributed by atoms with van der Waals surface area (Å²) in [6.07, 6.45) is 0. The van der Waals surface area contributed by atoms with Crippen molar-refractivity contribution in [3.05, 3.63) is 59.4 Å². The minimum absolute atomic E-state index is 0.0987. The Morgan fingerprint density at radius 3 is 2.43 bits per heavy atom. The van der Waals surface area contributed by atoms with Crippen LogP contribution in [-0.2, 0) is 6.54 Å². The van der Waals surface area contributed by atoms with Gasteiger partial charge in [0.2, 0.25) is 0 Å². The summed E-state index contributed by atoms with van der Waals surface area (Å²) in [5.74, 6) is 1.08. The Morgan fingerprint density at radius 2 is 1.76 bits per heavy atom. The van der Waals surface area contributed by atoms with Crippen LogP contribution in [0.25, 0.3) is 0 Å². The normalized spacial score (nSPS) is 12.0. The molecule has 0 amide bonds. The fraction of sp³-hybridized carbons (Fsp3) is 0.294. The zero-order chi connectivity index (χ0) is 15.2. The molecule has 4 heteroatoms. The molecule has 3 nitrogen and oxygen atoms in total. The van der Waals surface area contributed by atoms with E-state index in [1.807, 2.05) is 31.2 Å². The van der Waals surface area contributed by atoms with Crippen molar-refractivity contribution in [1.82, 2.24) is 5.32 Å². The Bertz CT molecular complexity index is 601. The minimum Gasteiger partial charge on any atom is -0.497 e. The van der Waals surface area contributed by atoms with Gasteiger partial charge in [-0.1, -0.05) is 18.2 Å². The number of nitrogens with one attached hydrogen (secondary N) is 1. The average molecular weight is 289 g/mol. The first-order valence-electron chi connectivity index (χ1n) is 6.83. The smallest absolute Gasteiger partial charge is 0.131 e. The third-order valence-corrected chi connectivity index (χ3v) is 3.45. The van der Waals surface area contributed by atoms with Gasteiger partial charge in [-0.3, -0.25) is 0 Å². The number of halogens is 1. The Hall–Kier alpha value is -2.07. The molecular weight excluding hydrogens is 269 g/mol. The van der Waals surface area contributed by atoms with Gasteiger partial charge in [0.15, 0.2) is 0 Å². The van der Waals surface area contributed by atoms with Gasteiger partial charge in [0.1, 0.15) is 17.3 Å². The standard InChI is InChI=1S/C17H20FNO2/c1-12(13-5-4-6-15(9-13)20-2)19-11-14-7-8-16(21-3)10-17(14)18/h4-10,12,19H,11H2,1-3H3/t12-/m1/s1. The third kappa shape index (κ3) is 3.95. The van der Waals surface area contributed by atoms with Gasteiger partial charge < -0.3 is 14.8 Å². The lowest BCUT2D eigenvalue weighted by Gasteiger charge is -2.15. The van der Waals surface area contributed by atoms with Gasteiger partial charge in [0, 0.05) is 24.2 Å². The highest BCUT2D eigenvalue weighted by molar-refractivity contribution is 5.31. The van der Waals surface area contributed by atoms with Crippen molar-refractivity contribution >= 4 is 0 Å². The first kappa shape index (κ1) is 15.3. The lowest BCUT2D eigenvalue weighted by atomic mass is 10.1. The van der Waals surface area contributed by atoms with Crippen molar-refractivity contribution in [1.29, 1.82) is 0 Å². The van der Waals surface area contributed by atoms with E-state index in [4.69, 9.17) is 9.47 Å². The summed E-state index contributed by atoms with van der Waals surface area (Å²) < 4.78 is 24.1. The molecule has 0 fully saturated rings. The Balaban J connectivity index is 2.01. The van der Waals surface area contributed by atoms with E-state index >= 15 is 0 Å². The third-order valence-electron chi connectivity index (χ3n) is 3.45. The fourth-order valence-electron chi connectivity index (χ4n) is 2.09. The van der Waals surface area contributed by atoms with Crippen molar-refractivity contribution < 1.29 is 13.9 Å². The molecule has 0 spiro atoms. The SMILES string of the molecule is COc1cccc([C@@H](C)NCc2ccc(OC)cc2F)c1. The molecule has 0 saturated carbocycles. The van der Waals surface area contributed by atoms with Crippen molar-refractivity contribution in [3.63, 3.8) is 0 Å². The maximum absolute atomic E-state index is 13.9. The molecule has 0 aliphatic carbocycles. The minimum atomic E-state index is -0.264. The highest BCUT2D eigenvalue weighted by atomic mass is 19.1. The van der Waals surface area contributed by atoms with Gasteiger partial charge in [-0.15, -0.1) is 0 Å². The van der Waals surface area contributed by atoms with E-state index in [2.05, 4.69) is 5.32 Å². The Morgan fingerprint density at radius 1 is 1.05 bits per heavy atom. The first-order valence-corrected chi connectivity index (χ1v) is 6.83. The second-order valence-electron chi connectivity index (χ2n) is 4.84. The fourth-order valence-corrected chi connectivity index (χ4v) is 2.09. The predicted molar refractivity (Wildman–Crippen MR) is 81.2 cm³/mol. The van der Waals surface area contributed by atoms with Crippen LogP contribution in [0.3, 0.4) is 0 Å². The number of ether oxygens (including phenoxy) is 2. The molecule has 21 heavy (non-hydrogen) atoms. The monoisotopic (exact) mass is 289 g/mol. The molecule has 2 aromatic carbocycles. The van der Waals surface area contributed by atoms with E-state index in [-0.39, 0.29) is 11.9 Å². The van der Waals surface area contributed by atoms with Gasteiger partial charge in [-0.25, -0.2) is 4.39 Å². The van der Waals surface area contributed by atoms with Crippen molar-refractivity contribution in [3.8, 4) is 11.5 Å². The lowest BCUT2D eigenvalue weighted by molar-refractivity contribution is 0.410. The Kier molecular flexibility index (Phi) is 5.17. The molecule has 0 aromatic heterocycles. The van der Waals surface area contributed by atoms with Crippen LogP contribution in [-0.4, -0.2) is 14.2 Å². The predicted octanol–water partition coefficient (Wildman–Crippen LogP) is 3.69. The topological polar surface area (TPSA) is 30.5 Å². The van der Waals surface area contributed by atoms with Gasteiger partial charge in [0.05, 0.1) is 14.2 Å².